The van der Waals surface area contributed by atoms with E-state index >= 15 is 0 Å². The molecule has 3 aromatic carbocycles. The first-order valence-electron chi connectivity index (χ1n) is 13.4. The molecule has 41 heavy (non-hydrogen) atoms. The number of nitrogens with zero attached hydrogens (tertiary/aromatic N) is 2. The van der Waals surface area contributed by atoms with Crippen LogP contribution in [0.25, 0.3) is 0 Å². The van der Waals surface area contributed by atoms with Crippen molar-refractivity contribution < 1.29 is 18.0 Å². The van der Waals surface area contributed by atoms with Crippen molar-refractivity contribution in [2.45, 2.75) is 71.5 Å². The van der Waals surface area contributed by atoms with Gasteiger partial charge in [0.05, 0.1) is 20.6 Å². The number of sulfonamides is 1. The molecule has 0 saturated carbocycles. The van der Waals surface area contributed by atoms with Crippen molar-refractivity contribution in [1.82, 2.24) is 10.2 Å². The highest BCUT2D eigenvalue weighted by Gasteiger charge is 2.33. The lowest BCUT2D eigenvalue weighted by Crippen LogP contribution is -2.52. The van der Waals surface area contributed by atoms with Gasteiger partial charge in [-0.2, -0.15) is 0 Å². The number of nitrogens with one attached hydrogen (secondary N) is 1. The van der Waals surface area contributed by atoms with Crippen LogP contribution >= 0.6 is 23.2 Å². The summed E-state index contributed by atoms with van der Waals surface area (Å²) in [5.41, 5.74) is 3.49. The number of hydrogen-bond acceptors (Lipinski definition) is 4. The summed E-state index contributed by atoms with van der Waals surface area (Å²) in [5, 5.41) is 3.60. The maximum atomic E-state index is 14.1. The highest BCUT2D eigenvalue weighted by molar-refractivity contribution is 7.92. The number of carbonyl (C=O) groups excluding carboxylic acids is 2. The molecule has 0 fully saturated rings. The molecule has 0 spiro atoms. The molecule has 10 heteroatoms. The molecular weight excluding hydrogens is 581 g/mol. The fourth-order valence-electron chi connectivity index (χ4n) is 4.22. The zero-order valence-electron chi connectivity index (χ0n) is 24.2. The zero-order valence-corrected chi connectivity index (χ0v) is 26.6. The van der Waals surface area contributed by atoms with Gasteiger partial charge in [-0.3, -0.25) is 13.9 Å². The van der Waals surface area contributed by atoms with Gasteiger partial charge in [-0.1, -0.05) is 66.0 Å². The lowest BCUT2D eigenvalue weighted by Gasteiger charge is -2.33. The summed E-state index contributed by atoms with van der Waals surface area (Å²) in [5.74, 6) is -0.882. The number of anilines is 1. The SMILES string of the molecule is CC[C@H](C)NC(=O)[C@H](C)N(Cc1ccc(Cl)c(Cl)c1)C(=O)CN(c1cc(C)ccc1C)S(=O)(=O)c1ccc(C)cc1. The third-order valence-corrected chi connectivity index (χ3v) is 9.54. The van der Waals surface area contributed by atoms with Crippen LogP contribution in [0.15, 0.2) is 65.6 Å². The predicted octanol–water partition coefficient (Wildman–Crippen LogP) is 6.45. The largest absolute Gasteiger partial charge is 0.352 e. The number of carbonyl (C=O) groups is 2. The first kappa shape index (κ1) is 32.4. The number of benzene rings is 3. The number of hydrogen-bond donors (Lipinski definition) is 1. The molecule has 0 heterocycles. The first-order chi connectivity index (χ1) is 19.2. The summed E-state index contributed by atoms with van der Waals surface area (Å²) in [4.78, 5) is 28.7. The Bertz CT molecular complexity index is 1510. The lowest BCUT2D eigenvalue weighted by molar-refractivity contribution is -0.139. The van der Waals surface area contributed by atoms with Crippen LogP contribution in [0.3, 0.4) is 0 Å². The molecule has 3 rings (SSSR count). The van der Waals surface area contributed by atoms with Crippen LogP contribution in [-0.4, -0.2) is 43.8 Å². The zero-order chi connectivity index (χ0) is 30.5. The van der Waals surface area contributed by atoms with Crippen molar-refractivity contribution in [3.05, 3.63) is 93.0 Å². The summed E-state index contributed by atoms with van der Waals surface area (Å²) in [6.45, 7) is 10.5. The minimum absolute atomic E-state index is 0.0238. The summed E-state index contributed by atoms with van der Waals surface area (Å²) in [6.07, 6.45) is 0.717. The Morgan fingerprint density at radius 1 is 0.878 bits per heavy atom. The van der Waals surface area contributed by atoms with Gasteiger partial charge in [-0.25, -0.2) is 8.42 Å². The minimum atomic E-state index is -4.15. The Hall–Kier alpha value is -3.07. The van der Waals surface area contributed by atoms with Crippen molar-refractivity contribution in [2.24, 2.45) is 0 Å². The van der Waals surface area contributed by atoms with Crippen molar-refractivity contribution in [2.75, 3.05) is 10.8 Å². The number of halogens is 2. The second-order valence-electron chi connectivity index (χ2n) is 10.4. The van der Waals surface area contributed by atoms with Gasteiger partial charge < -0.3 is 10.2 Å². The Morgan fingerprint density at radius 2 is 1.51 bits per heavy atom. The number of rotatable bonds is 11. The standard InChI is InChI=1S/C31H37Cl2N3O4S/c1-7-23(5)34-31(38)24(6)35(18-25-12-15-27(32)28(33)17-25)30(37)19-36(29-16-21(3)8-11-22(29)4)41(39,40)26-13-9-20(2)10-14-26/h8-17,23-24H,7,18-19H2,1-6H3,(H,34,38)/t23-,24-/m0/s1. The fraction of sp³-hybridized carbons (Fsp3) is 0.355. The van der Waals surface area contributed by atoms with E-state index in [1.165, 1.54) is 17.0 Å². The van der Waals surface area contributed by atoms with E-state index in [0.717, 1.165) is 15.4 Å². The van der Waals surface area contributed by atoms with Gasteiger partial charge in [0, 0.05) is 12.6 Å². The molecule has 2 atom stereocenters. The lowest BCUT2D eigenvalue weighted by atomic mass is 10.1. The van der Waals surface area contributed by atoms with E-state index in [9.17, 15) is 18.0 Å². The average molecular weight is 619 g/mol. The molecule has 0 saturated heterocycles. The number of amides is 2. The third-order valence-electron chi connectivity index (χ3n) is 7.03. The van der Waals surface area contributed by atoms with E-state index in [2.05, 4.69) is 5.32 Å². The summed E-state index contributed by atoms with van der Waals surface area (Å²) in [7, 11) is -4.15. The molecule has 0 aliphatic carbocycles. The van der Waals surface area contributed by atoms with Crippen LogP contribution in [0.2, 0.25) is 10.0 Å². The van der Waals surface area contributed by atoms with E-state index in [4.69, 9.17) is 23.2 Å². The summed E-state index contributed by atoms with van der Waals surface area (Å²) >= 11 is 12.3. The van der Waals surface area contributed by atoms with Crippen LogP contribution in [0.4, 0.5) is 5.69 Å². The molecule has 1 N–H and O–H groups in total. The van der Waals surface area contributed by atoms with Gasteiger partial charge in [-0.15, -0.1) is 0 Å². The van der Waals surface area contributed by atoms with E-state index in [1.54, 1.807) is 50.2 Å². The minimum Gasteiger partial charge on any atom is -0.352 e. The average Bonchev–Trinajstić information content (AvgIpc) is 2.93. The Kier molecular flexibility index (Phi) is 10.9. The molecule has 0 aliphatic heterocycles. The van der Waals surface area contributed by atoms with Crippen LogP contribution in [0.1, 0.15) is 49.4 Å². The van der Waals surface area contributed by atoms with E-state index in [0.29, 0.717) is 33.3 Å². The summed E-state index contributed by atoms with van der Waals surface area (Å²) in [6, 6.07) is 15.9. The van der Waals surface area contributed by atoms with Crippen LogP contribution in [0.5, 0.6) is 0 Å². The highest BCUT2D eigenvalue weighted by atomic mass is 35.5. The normalized spacial score (nSPS) is 12.9. The Morgan fingerprint density at radius 3 is 2.12 bits per heavy atom. The van der Waals surface area contributed by atoms with Crippen LogP contribution in [0, 0.1) is 20.8 Å². The summed E-state index contributed by atoms with van der Waals surface area (Å²) < 4.78 is 29.2. The maximum Gasteiger partial charge on any atom is 0.264 e. The molecule has 0 radical (unpaired) electrons. The van der Waals surface area contributed by atoms with Crippen molar-refractivity contribution in [3.8, 4) is 0 Å². The van der Waals surface area contributed by atoms with E-state index in [-0.39, 0.29) is 23.4 Å². The Balaban J connectivity index is 2.08. The second kappa shape index (κ2) is 13.7. The van der Waals surface area contributed by atoms with Crippen molar-refractivity contribution >= 4 is 50.7 Å². The number of aryl methyl sites for hydroxylation is 3. The fourth-order valence-corrected chi connectivity index (χ4v) is 6.01. The van der Waals surface area contributed by atoms with Gasteiger partial charge in [0.25, 0.3) is 10.0 Å². The molecule has 2 amide bonds. The second-order valence-corrected chi connectivity index (χ2v) is 13.1. The Labute approximate surface area is 253 Å². The van der Waals surface area contributed by atoms with E-state index < -0.39 is 28.5 Å². The predicted molar refractivity (Wildman–Crippen MR) is 166 cm³/mol. The molecular formula is C31H37Cl2N3O4S. The monoisotopic (exact) mass is 617 g/mol. The van der Waals surface area contributed by atoms with E-state index in [1.807, 2.05) is 39.8 Å². The van der Waals surface area contributed by atoms with Crippen LogP contribution < -0.4 is 9.62 Å². The maximum absolute atomic E-state index is 14.1. The molecule has 7 nitrogen and oxygen atoms in total. The molecule has 0 aromatic heterocycles. The third kappa shape index (κ3) is 8.03. The molecule has 0 aliphatic rings. The first-order valence-corrected chi connectivity index (χ1v) is 15.6. The van der Waals surface area contributed by atoms with Crippen molar-refractivity contribution in [3.63, 3.8) is 0 Å². The van der Waals surface area contributed by atoms with Gasteiger partial charge in [0.15, 0.2) is 0 Å². The molecule has 3 aromatic rings. The highest BCUT2D eigenvalue weighted by Crippen LogP contribution is 2.29. The quantitative estimate of drug-likeness (QED) is 0.268. The molecule has 220 valence electrons. The van der Waals surface area contributed by atoms with Gasteiger partial charge in [0.1, 0.15) is 12.6 Å². The van der Waals surface area contributed by atoms with Gasteiger partial charge in [0.2, 0.25) is 11.8 Å². The smallest absolute Gasteiger partial charge is 0.264 e. The molecule has 0 unspecified atom stereocenters. The molecule has 0 bridgehead atoms. The topological polar surface area (TPSA) is 86.8 Å². The van der Waals surface area contributed by atoms with Crippen LogP contribution in [-0.2, 0) is 26.2 Å². The van der Waals surface area contributed by atoms with Gasteiger partial charge >= 0.3 is 0 Å². The van der Waals surface area contributed by atoms with Gasteiger partial charge in [-0.05, 0) is 88.1 Å². The van der Waals surface area contributed by atoms with Crippen molar-refractivity contribution in [1.29, 1.82) is 0 Å².